The molecule has 2 fully saturated rings. The summed E-state index contributed by atoms with van der Waals surface area (Å²) in [6.45, 7) is 4.36. The maximum atomic E-state index is 13.0. The lowest BCUT2D eigenvalue weighted by Gasteiger charge is -2.28. The van der Waals surface area contributed by atoms with Crippen molar-refractivity contribution in [3.63, 3.8) is 0 Å². The molecule has 0 bridgehead atoms. The molecule has 2 saturated heterocycles. The van der Waals surface area contributed by atoms with Crippen LogP contribution in [-0.2, 0) is 6.42 Å². The lowest BCUT2D eigenvalue weighted by atomic mass is 10.0. The summed E-state index contributed by atoms with van der Waals surface area (Å²) in [6.07, 6.45) is 5.81. The van der Waals surface area contributed by atoms with Crippen molar-refractivity contribution in [3.8, 4) is 0 Å². The summed E-state index contributed by atoms with van der Waals surface area (Å²) in [5.74, 6) is 0.206. The standard InChI is InChI=1S/C23H28N2O/c26-23(25-16-6-9-22(25)18-24-14-4-5-15-24)21-12-10-20(11-13-21)17-19-7-2-1-3-8-19/h1-3,7-8,10-13,22H,4-6,9,14-18H2/t22-/m0/s1. The van der Waals surface area contributed by atoms with E-state index in [1.165, 1.54) is 37.1 Å². The first kappa shape index (κ1) is 17.3. The summed E-state index contributed by atoms with van der Waals surface area (Å²) >= 11 is 0. The van der Waals surface area contributed by atoms with Crippen LogP contribution in [-0.4, -0.2) is 47.9 Å². The average molecular weight is 348 g/mol. The molecule has 0 unspecified atom stereocenters. The van der Waals surface area contributed by atoms with Gasteiger partial charge in [0, 0.05) is 24.7 Å². The van der Waals surface area contributed by atoms with Gasteiger partial charge >= 0.3 is 0 Å². The molecule has 0 spiro atoms. The molecule has 3 nitrogen and oxygen atoms in total. The summed E-state index contributed by atoms with van der Waals surface area (Å²) < 4.78 is 0. The van der Waals surface area contributed by atoms with Gasteiger partial charge < -0.3 is 9.80 Å². The Labute approximate surface area is 156 Å². The van der Waals surface area contributed by atoms with Crippen LogP contribution in [0.4, 0.5) is 0 Å². The molecule has 1 amide bonds. The smallest absolute Gasteiger partial charge is 0.254 e. The maximum Gasteiger partial charge on any atom is 0.254 e. The normalized spacial score (nSPS) is 20.6. The number of likely N-dealkylation sites (tertiary alicyclic amines) is 2. The number of hydrogen-bond donors (Lipinski definition) is 0. The average Bonchev–Trinajstić information content (AvgIpc) is 3.35. The highest BCUT2D eigenvalue weighted by molar-refractivity contribution is 5.94. The van der Waals surface area contributed by atoms with E-state index in [0.717, 1.165) is 37.9 Å². The van der Waals surface area contributed by atoms with Crippen LogP contribution in [0.2, 0.25) is 0 Å². The Balaban J connectivity index is 1.40. The van der Waals surface area contributed by atoms with Crippen LogP contribution in [0, 0.1) is 0 Å². The molecule has 1 atom stereocenters. The molecule has 3 heteroatoms. The van der Waals surface area contributed by atoms with Crippen molar-refractivity contribution in [2.75, 3.05) is 26.2 Å². The molecule has 2 aliphatic rings. The van der Waals surface area contributed by atoms with E-state index in [4.69, 9.17) is 0 Å². The highest BCUT2D eigenvalue weighted by atomic mass is 16.2. The molecule has 2 aromatic carbocycles. The van der Waals surface area contributed by atoms with Gasteiger partial charge in [-0.15, -0.1) is 0 Å². The monoisotopic (exact) mass is 348 g/mol. The molecule has 2 heterocycles. The summed E-state index contributed by atoms with van der Waals surface area (Å²) in [5.41, 5.74) is 3.38. The van der Waals surface area contributed by atoms with Crippen molar-refractivity contribution in [3.05, 3.63) is 71.3 Å². The third-order valence-corrected chi connectivity index (χ3v) is 5.76. The van der Waals surface area contributed by atoms with Crippen LogP contribution < -0.4 is 0 Å². The predicted octanol–water partition coefficient (Wildman–Crippen LogP) is 3.98. The summed E-state index contributed by atoms with van der Waals surface area (Å²) in [5, 5.41) is 0. The Hall–Kier alpha value is -2.13. The lowest BCUT2D eigenvalue weighted by Crippen LogP contribution is -2.42. The second-order valence-corrected chi connectivity index (χ2v) is 7.66. The van der Waals surface area contributed by atoms with Gasteiger partial charge in [-0.25, -0.2) is 0 Å². The molecule has 0 aliphatic carbocycles. The van der Waals surface area contributed by atoms with Gasteiger partial charge in [0.1, 0.15) is 0 Å². The van der Waals surface area contributed by atoms with Gasteiger partial charge in [-0.2, -0.15) is 0 Å². The van der Waals surface area contributed by atoms with Crippen LogP contribution in [0.5, 0.6) is 0 Å². The van der Waals surface area contributed by atoms with E-state index < -0.39 is 0 Å². The molecule has 2 aromatic rings. The Morgan fingerprint density at radius 1 is 0.846 bits per heavy atom. The summed E-state index contributed by atoms with van der Waals surface area (Å²) in [4.78, 5) is 17.7. The zero-order chi connectivity index (χ0) is 17.8. The van der Waals surface area contributed by atoms with Gasteiger partial charge in [0.25, 0.3) is 5.91 Å². The Bertz CT molecular complexity index is 720. The fraction of sp³-hybridized carbons (Fsp3) is 0.435. The predicted molar refractivity (Wildman–Crippen MR) is 105 cm³/mol. The molecular formula is C23H28N2O. The van der Waals surface area contributed by atoms with Gasteiger partial charge in [-0.1, -0.05) is 42.5 Å². The SMILES string of the molecule is O=C(c1ccc(Cc2ccccc2)cc1)N1CCC[C@H]1CN1CCCC1. The van der Waals surface area contributed by atoms with Gasteiger partial charge in [-0.05, 0) is 68.5 Å². The Morgan fingerprint density at radius 2 is 1.54 bits per heavy atom. The fourth-order valence-corrected chi connectivity index (χ4v) is 4.32. The van der Waals surface area contributed by atoms with Crippen molar-refractivity contribution in [1.82, 2.24) is 9.80 Å². The van der Waals surface area contributed by atoms with Gasteiger partial charge in [0.05, 0.1) is 0 Å². The minimum atomic E-state index is 0.206. The zero-order valence-corrected chi connectivity index (χ0v) is 15.4. The first-order chi connectivity index (χ1) is 12.8. The van der Waals surface area contributed by atoms with Crippen LogP contribution in [0.25, 0.3) is 0 Å². The number of amides is 1. The van der Waals surface area contributed by atoms with E-state index in [-0.39, 0.29) is 5.91 Å². The number of hydrogen-bond acceptors (Lipinski definition) is 2. The first-order valence-electron chi connectivity index (χ1n) is 9.96. The molecule has 2 aliphatic heterocycles. The van der Waals surface area contributed by atoms with E-state index in [9.17, 15) is 4.79 Å². The number of rotatable bonds is 5. The van der Waals surface area contributed by atoms with E-state index in [0.29, 0.717) is 6.04 Å². The van der Waals surface area contributed by atoms with Crippen molar-refractivity contribution in [1.29, 1.82) is 0 Å². The molecule has 136 valence electrons. The summed E-state index contributed by atoms with van der Waals surface area (Å²) in [7, 11) is 0. The number of nitrogens with zero attached hydrogens (tertiary/aromatic N) is 2. The van der Waals surface area contributed by atoms with E-state index in [2.05, 4.69) is 46.2 Å². The van der Waals surface area contributed by atoms with Crippen molar-refractivity contribution < 1.29 is 4.79 Å². The summed E-state index contributed by atoms with van der Waals surface area (Å²) in [6, 6.07) is 19.1. The second-order valence-electron chi connectivity index (χ2n) is 7.66. The van der Waals surface area contributed by atoms with Gasteiger partial charge in [0.2, 0.25) is 0 Å². The lowest BCUT2D eigenvalue weighted by molar-refractivity contribution is 0.0709. The molecule has 0 saturated carbocycles. The molecule has 0 aromatic heterocycles. The third-order valence-electron chi connectivity index (χ3n) is 5.76. The van der Waals surface area contributed by atoms with Crippen molar-refractivity contribution in [2.45, 2.75) is 38.1 Å². The highest BCUT2D eigenvalue weighted by Gasteiger charge is 2.31. The minimum absolute atomic E-state index is 0.206. The largest absolute Gasteiger partial charge is 0.334 e. The van der Waals surface area contributed by atoms with Crippen LogP contribution in [0.3, 0.4) is 0 Å². The van der Waals surface area contributed by atoms with Crippen molar-refractivity contribution in [2.24, 2.45) is 0 Å². The third kappa shape index (κ3) is 3.99. The van der Waals surface area contributed by atoms with Crippen LogP contribution in [0.1, 0.15) is 47.2 Å². The number of carbonyl (C=O) groups excluding carboxylic acids is 1. The second kappa shape index (κ2) is 8.05. The van der Waals surface area contributed by atoms with E-state index in [1.54, 1.807) is 0 Å². The molecule has 0 N–H and O–H groups in total. The Kier molecular flexibility index (Phi) is 5.35. The van der Waals surface area contributed by atoms with Crippen LogP contribution >= 0.6 is 0 Å². The van der Waals surface area contributed by atoms with Gasteiger partial charge in [-0.3, -0.25) is 4.79 Å². The molecule has 26 heavy (non-hydrogen) atoms. The van der Waals surface area contributed by atoms with Gasteiger partial charge in [0.15, 0.2) is 0 Å². The quantitative estimate of drug-likeness (QED) is 0.816. The maximum absolute atomic E-state index is 13.0. The highest BCUT2D eigenvalue weighted by Crippen LogP contribution is 2.23. The Morgan fingerprint density at radius 3 is 2.27 bits per heavy atom. The molecule has 0 radical (unpaired) electrons. The molecule has 4 rings (SSSR count). The molecular weight excluding hydrogens is 320 g/mol. The van der Waals surface area contributed by atoms with Crippen LogP contribution in [0.15, 0.2) is 54.6 Å². The zero-order valence-electron chi connectivity index (χ0n) is 15.4. The fourth-order valence-electron chi connectivity index (χ4n) is 4.32. The first-order valence-corrected chi connectivity index (χ1v) is 9.96. The van der Waals surface area contributed by atoms with E-state index >= 15 is 0 Å². The topological polar surface area (TPSA) is 23.6 Å². The van der Waals surface area contributed by atoms with Crippen molar-refractivity contribution >= 4 is 5.91 Å². The van der Waals surface area contributed by atoms with E-state index in [1.807, 2.05) is 18.2 Å². The number of carbonyl (C=O) groups is 1. The number of benzene rings is 2. The minimum Gasteiger partial charge on any atom is -0.334 e.